The number of nitrogens with zero attached hydrogens (tertiary/aromatic N) is 3. The molecular weight excluding hydrogens is 402 g/mol. The maximum atomic E-state index is 13.2. The van der Waals surface area contributed by atoms with Crippen LogP contribution in [0.5, 0.6) is 0 Å². The van der Waals surface area contributed by atoms with Gasteiger partial charge in [0.1, 0.15) is 16.2 Å². The SMILES string of the molecule is O=C(CSc1ncnc2sccc12)N(C1CCCCC1)[C@H]1CCS(=O)(=O)C1. The van der Waals surface area contributed by atoms with Crippen molar-refractivity contribution < 1.29 is 13.2 Å². The van der Waals surface area contributed by atoms with Gasteiger partial charge in [0.05, 0.1) is 17.3 Å². The first kappa shape index (κ1) is 19.1. The van der Waals surface area contributed by atoms with Crippen LogP contribution in [-0.4, -0.2) is 58.5 Å². The lowest BCUT2D eigenvalue weighted by Gasteiger charge is -2.38. The van der Waals surface area contributed by atoms with Crippen molar-refractivity contribution in [2.24, 2.45) is 0 Å². The highest BCUT2D eigenvalue weighted by Gasteiger charge is 2.38. The number of hydrogen-bond acceptors (Lipinski definition) is 7. The fourth-order valence-corrected chi connectivity index (χ4v) is 7.51. The van der Waals surface area contributed by atoms with Gasteiger partial charge in [-0.2, -0.15) is 0 Å². The van der Waals surface area contributed by atoms with E-state index < -0.39 is 9.84 Å². The van der Waals surface area contributed by atoms with E-state index in [9.17, 15) is 13.2 Å². The fourth-order valence-electron chi connectivity index (χ4n) is 4.15. The number of sulfone groups is 1. The second kappa shape index (κ2) is 8.05. The number of aromatic nitrogens is 2. The van der Waals surface area contributed by atoms with Gasteiger partial charge in [-0.05, 0) is 30.7 Å². The number of carbonyl (C=O) groups is 1. The molecule has 3 heterocycles. The van der Waals surface area contributed by atoms with Gasteiger partial charge in [-0.15, -0.1) is 11.3 Å². The van der Waals surface area contributed by atoms with Crippen LogP contribution in [-0.2, 0) is 14.6 Å². The maximum Gasteiger partial charge on any atom is 0.233 e. The highest BCUT2D eigenvalue weighted by Crippen LogP contribution is 2.31. The summed E-state index contributed by atoms with van der Waals surface area (Å²) in [5.41, 5.74) is 0. The Morgan fingerprint density at radius 1 is 1.19 bits per heavy atom. The van der Waals surface area contributed by atoms with Crippen LogP contribution in [0.2, 0.25) is 0 Å². The van der Waals surface area contributed by atoms with E-state index in [0.717, 1.165) is 40.9 Å². The number of hydrogen-bond donors (Lipinski definition) is 0. The van der Waals surface area contributed by atoms with Crippen LogP contribution in [0.15, 0.2) is 22.8 Å². The van der Waals surface area contributed by atoms with Crippen molar-refractivity contribution >= 4 is 49.1 Å². The van der Waals surface area contributed by atoms with Gasteiger partial charge in [0.15, 0.2) is 9.84 Å². The Balaban J connectivity index is 1.50. The van der Waals surface area contributed by atoms with Crippen LogP contribution in [0, 0.1) is 0 Å². The molecule has 1 saturated carbocycles. The van der Waals surface area contributed by atoms with E-state index in [0.29, 0.717) is 6.42 Å². The average molecular weight is 426 g/mol. The van der Waals surface area contributed by atoms with Crippen LogP contribution in [0.1, 0.15) is 38.5 Å². The topological polar surface area (TPSA) is 80.2 Å². The minimum Gasteiger partial charge on any atom is -0.335 e. The van der Waals surface area contributed by atoms with Crippen molar-refractivity contribution in [2.75, 3.05) is 17.3 Å². The third kappa shape index (κ3) is 4.30. The molecule has 1 aliphatic carbocycles. The molecule has 0 radical (unpaired) electrons. The molecule has 1 atom stereocenters. The Morgan fingerprint density at radius 2 is 2.00 bits per heavy atom. The molecule has 0 bridgehead atoms. The largest absolute Gasteiger partial charge is 0.335 e. The summed E-state index contributed by atoms with van der Waals surface area (Å²) in [6, 6.07) is 1.99. The molecule has 0 aromatic carbocycles. The van der Waals surface area contributed by atoms with Gasteiger partial charge in [-0.3, -0.25) is 4.79 Å². The van der Waals surface area contributed by atoms with Crippen LogP contribution in [0.4, 0.5) is 0 Å². The van der Waals surface area contributed by atoms with Crippen LogP contribution in [0.3, 0.4) is 0 Å². The van der Waals surface area contributed by atoms with Crippen molar-refractivity contribution in [3.05, 3.63) is 17.8 Å². The molecule has 1 aliphatic heterocycles. The first-order valence-corrected chi connectivity index (χ1v) is 13.0. The summed E-state index contributed by atoms with van der Waals surface area (Å²) in [5, 5.41) is 3.77. The zero-order chi connectivity index (χ0) is 18.9. The third-order valence-corrected chi connectivity index (χ3v) is 8.98. The Morgan fingerprint density at radius 3 is 2.74 bits per heavy atom. The minimum atomic E-state index is -3.02. The molecule has 2 aromatic heterocycles. The van der Waals surface area contributed by atoms with Gasteiger partial charge in [0.2, 0.25) is 5.91 Å². The van der Waals surface area contributed by atoms with E-state index in [1.54, 1.807) is 11.3 Å². The van der Waals surface area contributed by atoms with Gasteiger partial charge in [0.25, 0.3) is 0 Å². The molecule has 2 aromatic rings. The van der Waals surface area contributed by atoms with Crippen molar-refractivity contribution in [1.29, 1.82) is 0 Å². The molecule has 2 aliphatic rings. The van der Waals surface area contributed by atoms with E-state index in [2.05, 4.69) is 9.97 Å². The number of rotatable bonds is 5. The standard InChI is InChI=1S/C18H23N3O3S3/c22-16(10-26-18-15-6-8-25-17(15)19-12-20-18)21(13-4-2-1-3-5-13)14-7-9-27(23,24)11-14/h6,8,12-14H,1-5,7,9-11H2/t14-/m0/s1. The van der Waals surface area contributed by atoms with Crippen molar-refractivity contribution in [1.82, 2.24) is 14.9 Å². The molecule has 0 N–H and O–H groups in total. The summed E-state index contributed by atoms with van der Waals surface area (Å²) in [5.74, 6) is 0.635. The van der Waals surface area contributed by atoms with Crippen molar-refractivity contribution in [2.45, 2.75) is 55.6 Å². The van der Waals surface area contributed by atoms with E-state index in [4.69, 9.17) is 0 Å². The number of amides is 1. The quantitative estimate of drug-likeness (QED) is 0.541. The highest BCUT2D eigenvalue weighted by atomic mass is 32.2. The van der Waals surface area contributed by atoms with Gasteiger partial charge >= 0.3 is 0 Å². The molecule has 1 amide bonds. The first-order valence-electron chi connectivity index (χ1n) is 9.36. The van der Waals surface area contributed by atoms with Gasteiger partial charge in [-0.1, -0.05) is 31.0 Å². The van der Waals surface area contributed by atoms with Crippen molar-refractivity contribution in [3.63, 3.8) is 0 Å². The third-order valence-electron chi connectivity index (χ3n) is 5.42. The molecule has 0 unspecified atom stereocenters. The fraction of sp³-hybridized carbons (Fsp3) is 0.611. The number of thiophene rings is 1. The van der Waals surface area contributed by atoms with Crippen LogP contribution in [0.25, 0.3) is 10.2 Å². The van der Waals surface area contributed by atoms with E-state index >= 15 is 0 Å². The van der Waals surface area contributed by atoms with E-state index in [1.165, 1.54) is 24.5 Å². The first-order chi connectivity index (χ1) is 13.0. The highest BCUT2D eigenvalue weighted by molar-refractivity contribution is 8.00. The summed E-state index contributed by atoms with van der Waals surface area (Å²) in [4.78, 5) is 24.6. The second-order valence-electron chi connectivity index (χ2n) is 7.26. The Hall–Kier alpha value is -1.19. The Kier molecular flexibility index (Phi) is 5.70. The lowest BCUT2D eigenvalue weighted by atomic mass is 9.93. The van der Waals surface area contributed by atoms with Gasteiger partial charge in [0, 0.05) is 17.5 Å². The summed E-state index contributed by atoms with van der Waals surface area (Å²) < 4.78 is 24.0. The summed E-state index contributed by atoms with van der Waals surface area (Å²) in [6.07, 6.45) is 7.49. The zero-order valence-electron chi connectivity index (χ0n) is 15.0. The predicted molar refractivity (Wildman–Crippen MR) is 109 cm³/mol. The van der Waals surface area contributed by atoms with Crippen LogP contribution >= 0.6 is 23.1 Å². The second-order valence-corrected chi connectivity index (χ2v) is 11.3. The molecule has 1 saturated heterocycles. The Labute approximate surface area is 167 Å². The zero-order valence-corrected chi connectivity index (χ0v) is 17.5. The molecule has 2 fully saturated rings. The smallest absolute Gasteiger partial charge is 0.233 e. The molecule has 9 heteroatoms. The summed E-state index contributed by atoms with van der Waals surface area (Å²) in [7, 11) is -3.02. The average Bonchev–Trinajstić information content (AvgIpc) is 3.27. The molecule has 6 nitrogen and oxygen atoms in total. The molecular formula is C18H23N3O3S3. The lowest BCUT2D eigenvalue weighted by Crippen LogP contribution is -2.49. The predicted octanol–water partition coefficient (Wildman–Crippen LogP) is 3.13. The summed E-state index contributed by atoms with van der Waals surface area (Å²) in [6.45, 7) is 0. The summed E-state index contributed by atoms with van der Waals surface area (Å²) >= 11 is 2.99. The van der Waals surface area contributed by atoms with Gasteiger partial charge in [-0.25, -0.2) is 18.4 Å². The molecule has 146 valence electrons. The monoisotopic (exact) mass is 425 g/mol. The number of fused-ring (bicyclic) bond motifs is 1. The van der Waals surface area contributed by atoms with Crippen molar-refractivity contribution in [3.8, 4) is 0 Å². The normalized spacial score (nSPS) is 22.9. The van der Waals surface area contributed by atoms with E-state index in [-0.39, 0.29) is 35.2 Å². The minimum absolute atomic E-state index is 0.0380. The number of thioether (sulfide) groups is 1. The van der Waals surface area contributed by atoms with Gasteiger partial charge < -0.3 is 4.90 Å². The number of carbonyl (C=O) groups excluding carboxylic acids is 1. The van der Waals surface area contributed by atoms with Crippen LogP contribution < -0.4 is 0 Å². The lowest BCUT2D eigenvalue weighted by molar-refractivity contribution is -0.133. The molecule has 27 heavy (non-hydrogen) atoms. The molecule has 0 spiro atoms. The maximum absolute atomic E-state index is 13.2. The Bertz CT molecular complexity index is 922. The van der Waals surface area contributed by atoms with E-state index in [1.807, 2.05) is 16.3 Å². The molecule has 4 rings (SSSR count).